The highest BCUT2D eigenvalue weighted by molar-refractivity contribution is 5.76. The first-order valence-corrected chi connectivity index (χ1v) is 8.13. The van der Waals surface area contributed by atoms with E-state index in [9.17, 15) is 18.0 Å². The summed E-state index contributed by atoms with van der Waals surface area (Å²) in [5.41, 5.74) is 0.939. The summed E-state index contributed by atoms with van der Waals surface area (Å²) < 4.78 is 37.5. The van der Waals surface area contributed by atoms with Gasteiger partial charge in [-0.05, 0) is 36.8 Å². The number of anilines is 1. The SMILES string of the molecule is CCN(Cc1ccccc1)C(=O)CCNc1ccc(C(F)(F)F)cc1. The molecule has 25 heavy (non-hydrogen) atoms. The lowest BCUT2D eigenvalue weighted by Crippen LogP contribution is -2.31. The summed E-state index contributed by atoms with van der Waals surface area (Å²) in [5, 5.41) is 2.98. The highest BCUT2D eigenvalue weighted by atomic mass is 19.4. The van der Waals surface area contributed by atoms with Crippen molar-refractivity contribution in [3.8, 4) is 0 Å². The molecular weight excluding hydrogens is 329 g/mol. The molecule has 0 heterocycles. The number of rotatable bonds is 7. The van der Waals surface area contributed by atoms with E-state index in [1.54, 1.807) is 4.90 Å². The largest absolute Gasteiger partial charge is 0.416 e. The Balaban J connectivity index is 1.82. The second-order valence-corrected chi connectivity index (χ2v) is 5.65. The number of nitrogens with one attached hydrogen (secondary N) is 1. The zero-order valence-electron chi connectivity index (χ0n) is 14.0. The molecule has 0 fully saturated rings. The molecule has 1 N–H and O–H groups in total. The minimum atomic E-state index is -4.34. The molecule has 0 saturated heterocycles. The van der Waals surface area contributed by atoms with Gasteiger partial charge in [-0.25, -0.2) is 0 Å². The monoisotopic (exact) mass is 350 g/mol. The predicted molar refractivity (Wildman–Crippen MR) is 92.1 cm³/mol. The first-order chi connectivity index (χ1) is 11.9. The zero-order chi connectivity index (χ0) is 18.3. The Morgan fingerprint density at radius 1 is 1.04 bits per heavy atom. The number of amides is 1. The Morgan fingerprint density at radius 2 is 1.68 bits per heavy atom. The number of alkyl halides is 3. The van der Waals surface area contributed by atoms with Crippen LogP contribution in [0.25, 0.3) is 0 Å². The molecule has 0 atom stereocenters. The van der Waals surface area contributed by atoms with Crippen molar-refractivity contribution in [1.82, 2.24) is 4.90 Å². The number of carbonyl (C=O) groups excluding carboxylic acids is 1. The van der Waals surface area contributed by atoms with Crippen molar-refractivity contribution in [3.63, 3.8) is 0 Å². The minimum Gasteiger partial charge on any atom is -0.385 e. The minimum absolute atomic E-state index is 0.00534. The first kappa shape index (κ1) is 18.8. The van der Waals surface area contributed by atoms with Crippen LogP contribution in [0.15, 0.2) is 54.6 Å². The van der Waals surface area contributed by atoms with Crippen LogP contribution in [-0.4, -0.2) is 23.9 Å². The standard InChI is InChI=1S/C19H21F3N2O/c1-2-24(14-15-6-4-3-5-7-15)18(25)12-13-23-17-10-8-16(9-11-17)19(20,21)22/h3-11,23H,2,12-14H2,1H3. The Bertz CT molecular complexity index is 669. The molecule has 0 bridgehead atoms. The van der Waals surface area contributed by atoms with E-state index in [1.165, 1.54) is 12.1 Å². The molecule has 0 saturated carbocycles. The van der Waals surface area contributed by atoms with Crippen LogP contribution in [0, 0.1) is 0 Å². The quantitative estimate of drug-likeness (QED) is 0.794. The van der Waals surface area contributed by atoms with E-state index in [0.29, 0.717) is 25.3 Å². The average molecular weight is 350 g/mol. The molecule has 3 nitrogen and oxygen atoms in total. The summed E-state index contributed by atoms with van der Waals surface area (Å²) in [6.07, 6.45) is -4.06. The van der Waals surface area contributed by atoms with Crippen LogP contribution < -0.4 is 5.32 Å². The smallest absolute Gasteiger partial charge is 0.385 e. The summed E-state index contributed by atoms with van der Waals surface area (Å²) in [6.45, 7) is 3.45. The van der Waals surface area contributed by atoms with Crippen molar-refractivity contribution in [1.29, 1.82) is 0 Å². The van der Waals surface area contributed by atoms with Gasteiger partial charge >= 0.3 is 6.18 Å². The van der Waals surface area contributed by atoms with Crippen LogP contribution in [-0.2, 0) is 17.5 Å². The van der Waals surface area contributed by atoms with E-state index in [1.807, 2.05) is 37.3 Å². The van der Waals surface area contributed by atoms with Crippen molar-refractivity contribution in [3.05, 3.63) is 65.7 Å². The molecule has 0 aliphatic rings. The lowest BCUT2D eigenvalue weighted by atomic mass is 10.2. The molecule has 0 spiro atoms. The van der Waals surface area contributed by atoms with Gasteiger partial charge in [0.15, 0.2) is 0 Å². The third-order valence-electron chi connectivity index (χ3n) is 3.83. The Labute approximate surface area is 145 Å². The number of carbonyl (C=O) groups is 1. The van der Waals surface area contributed by atoms with Crippen LogP contribution in [0.2, 0.25) is 0 Å². The molecule has 0 aromatic heterocycles. The molecule has 2 rings (SSSR count). The molecule has 0 aliphatic carbocycles. The van der Waals surface area contributed by atoms with Crippen LogP contribution in [0.5, 0.6) is 0 Å². The van der Waals surface area contributed by atoms with Crippen molar-refractivity contribution < 1.29 is 18.0 Å². The molecular formula is C19H21F3N2O. The first-order valence-electron chi connectivity index (χ1n) is 8.13. The van der Waals surface area contributed by atoms with Gasteiger partial charge in [0.2, 0.25) is 5.91 Å². The molecule has 134 valence electrons. The number of hydrogen-bond donors (Lipinski definition) is 1. The number of nitrogens with zero attached hydrogens (tertiary/aromatic N) is 1. The van der Waals surface area contributed by atoms with Crippen molar-refractivity contribution in [2.45, 2.75) is 26.1 Å². The van der Waals surface area contributed by atoms with Crippen LogP contribution in [0.1, 0.15) is 24.5 Å². The Morgan fingerprint density at radius 3 is 2.24 bits per heavy atom. The summed E-state index contributed by atoms with van der Waals surface area (Å²) >= 11 is 0. The third-order valence-corrected chi connectivity index (χ3v) is 3.83. The van der Waals surface area contributed by atoms with Gasteiger partial charge in [0.25, 0.3) is 0 Å². The lowest BCUT2D eigenvalue weighted by molar-refractivity contribution is -0.137. The van der Waals surface area contributed by atoms with E-state index < -0.39 is 11.7 Å². The van der Waals surface area contributed by atoms with Crippen molar-refractivity contribution >= 4 is 11.6 Å². The second-order valence-electron chi connectivity index (χ2n) is 5.65. The molecule has 2 aromatic carbocycles. The predicted octanol–water partition coefficient (Wildman–Crippen LogP) is 4.56. The van der Waals surface area contributed by atoms with Crippen LogP contribution in [0.4, 0.5) is 18.9 Å². The molecule has 0 aliphatic heterocycles. The van der Waals surface area contributed by atoms with E-state index in [2.05, 4.69) is 5.32 Å². The maximum absolute atomic E-state index is 12.5. The summed E-state index contributed by atoms with van der Waals surface area (Å²) in [4.78, 5) is 14.0. The summed E-state index contributed by atoms with van der Waals surface area (Å²) in [5.74, 6) is 0.00534. The molecule has 0 unspecified atom stereocenters. The summed E-state index contributed by atoms with van der Waals surface area (Å²) in [7, 11) is 0. The van der Waals surface area contributed by atoms with Crippen LogP contribution in [0.3, 0.4) is 0 Å². The van der Waals surface area contributed by atoms with E-state index in [-0.39, 0.29) is 12.3 Å². The number of halogens is 3. The molecule has 2 aromatic rings. The van der Waals surface area contributed by atoms with E-state index in [0.717, 1.165) is 17.7 Å². The van der Waals surface area contributed by atoms with Crippen molar-refractivity contribution in [2.75, 3.05) is 18.4 Å². The molecule has 0 radical (unpaired) electrons. The Hall–Kier alpha value is -2.50. The lowest BCUT2D eigenvalue weighted by Gasteiger charge is -2.21. The van der Waals surface area contributed by atoms with E-state index in [4.69, 9.17) is 0 Å². The van der Waals surface area contributed by atoms with Crippen molar-refractivity contribution in [2.24, 2.45) is 0 Å². The number of benzene rings is 2. The number of hydrogen-bond acceptors (Lipinski definition) is 2. The molecule has 6 heteroatoms. The average Bonchev–Trinajstić information content (AvgIpc) is 2.60. The fourth-order valence-electron chi connectivity index (χ4n) is 2.43. The maximum atomic E-state index is 12.5. The van der Waals surface area contributed by atoms with Crippen LogP contribution >= 0.6 is 0 Å². The zero-order valence-corrected chi connectivity index (χ0v) is 14.0. The molecule has 1 amide bonds. The highest BCUT2D eigenvalue weighted by Gasteiger charge is 2.29. The topological polar surface area (TPSA) is 32.3 Å². The van der Waals surface area contributed by atoms with Gasteiger partial charge in [-0.3, -0.25) is 4.79 Å². The summed E-state index contributed by atoms with van der Waals surface area (Å²) in [6, 6.07) is 14.5. The van der Waals surface area contributed by atoms with Gasteiger partial charge in [-0.2, -0.15) is 13.2 Å². The van der Waals surface area contributed by atoms with E-state index >= 15 is 0 Å². The van der Waals surface area contributed by atoms with Gasteiger partial charge < -0.3 is 10.2 Å². The Kier molecular flexibility index (Phi) is 6.44. The van der Waals surface area contributed by atoms with Gasteiger partial charge in [-0.1, -0.05) is 30.3 Å². The maximum Gasteiger partial charge on any atom is 0.416 e. The third kappa shape index (κ3) is 5.81. The van der Waals surface area contributed by atoms with Gasteiger partial charge in [0.1, 0.15) is 0 Å². The van der Waals surface area contributed by atoms with Gasteiger partial charge in [0.05, 0.1) is 5.56 Å². The second kappa shape index (κ2) is 8.55. The van der Waals surface area contributed by atoms with Gasteiger partial charge in [-0.15, -0.1) is 0 Å². The fraction of sp³-hybridized carbons (Fsp3) is 0.316. The normalized spacial score (nSPS) is 11.2. The highest BCUT2D eigenvalue weighted by Crippen LogP contribution is 2.29. The fourth-order valence-corrected chi connectivity index (χ4v) is 2.43. The van der Waals surface area contributed by atoms with Gasteiger partial charge in [0, 0.05) is 31.7 Å².